The van der Waals surface area contributed by atoms with Crippen molar-refractivity contribution in [3.05, 3.63) is 24.6 Å². The zero-order valence-corrected chi connectivity index (χ0v) is 10.4. The van der Waals surface area contributed by atoms with Crippen molar-refractivity contribution in [2.75, 3.05) is 17.2 Å². The summed E-state index contributed by atoms with van der Waals surface area (Å²) in [4.78, 5) is 0. The van der Waals surface area contributed by atoms with Crippen molar-refractivity contribution < 1.29 is 12.8 Å². The van der Waals surface area contributed by atoms with Crippen LogP contribution >= 0.6 is 0 Å². The molecule has 2 aromatic rings. The fraction of sp³-hybridized carbons (Fsp3) is 0.364. The van der Waals surface area contributed by atoms with Crippen LogP contribution in [0.3, 0.4) is 0 Å². The molecule has 0 spiro atoms. The summed E-state index contributed by atoms with van der Waals surface area (Å²) in [5.74, 6) is 0.936. The van der Waals surface area contributed by atoms with Gasteiger partial charge >= 0.3 is 0 Å². The molecule has 0 aromatic carbocycles. The molecule has 1 aliphatic heterocycles. The van der Waals surface area contributed by atoms with Crippen molar-refractivity contribution in [2.24, 2.45) is 0 Å². The summed E-state index contributed by atoms with van der Waals surface area (Å²) < 4.78 is 29.8. The molecule has 1 fully saturated rings. The van der Waals surface area contributed by atoms with Crippen LogP contribution in [-0.4, -0.2) is 29.7 Å². The Morgan fingerprint density at radius 1 is 1.50 bits per heavy atom. The van der Waals surface area contributed by atoms with Gasteiger partial charge in [0, 0.05) is 6.20 Å². The zero-order chi connectivity index (χ0) is 12.8. The first-order valence-corrected chi connectivity index (χ1v) is 7.46. The topological polar surface area (TPSA) is 91.1 Å². The maximum Gasteiger partial charge on any atom is 0.156 e. The molecule has 0 amide bonds. The van der Waals surface area contributed by atoms with E-state index in [2.05, 4.69) is 5.10 Å². The minimum absolute atomic E-state index is 0.124. The van der Waals surface area contributed by atoms with E-state index < -0.39 is 9.84 Å². The SMILES string of the molecule is Nc1cn(C2CCS(=O)(=O)C2)nc1-c1ccco1. The molecule has 3 heterocycles. The summed E-state index contributed by atoms with van der Waals surface area (Å²) in [6.45, 7) is 0. The number of nitrogen functional groups attached to an aromatic ring is 1. The molecular formula is C11H13N3O3S. The molecule has 3 rings (SSSR count). The number of sulfone groups is 1. The van der Waals surface area contributed by atoms with Crippen LogP contribution in [0.4, 0.5) is 5.69 Å². The summed E-state index contributed by atoms with van der Waals surface area (Å²) in [5, 5.41) is 4.33. The van der Waals surface area contributed by atoms with Gasteiger partial charge in [0.15, 0.2) is 21.3 Å². The number of furan rings is 1. The van der Waals surface area contributed by atoms with Gasteiger partial charge in [0.1, 0.15) is 0 Å². The molecule has 1 unspecified atom stereocenters. The Labute approximate surface area is 104 Å². The van der Waals surface area contributed by atoms with Gasteiger partial charge in [0.25, 0.3) is 0 Å². The molecular weight excluding hydrogens is 254 g/mol. The van der Waals surface area contributed by atoms with Gasteiger partial charge in [-0.3, -0.25) is 4.68 Å². The minimum atomic E-state index is -2.93. The van der Waals surface area contributed by atoms with Gasteiger partial charge in [-0.15, -0.1) is 0 Å². The average Bonchev–Trinajstić information content (AvgIpc) is 2.97. The lowest BCUT2D eigenvalue weighted by Crippen LogP contribution is -2.11. The van der Waals surface area contributed by atoms with Gasteiger partial charge in [-0.2, -0.15) is 5.10 Å². The highest BCUT2D eigenvalue weighted by atomic mass is 32.2. The molecule has 18 heavy (non-hydrogen) atoms. The monoisotopic (exact) mass is 267 g/mol. The van der Waals surface area contributed by atoms with Crippen molar-refractivity contribution in [3.63, 3.8) is 0 Å². The molecule has 96 valence electrons. The third-order valence-corrected chi connectivity index (χ3v) is 4.85. The van der Waals surface area contributed by atoms with Crippen LogP contribution in [-0.2, 0) is 9.84 Å². The number of nitrogens with zero attached hydrogens (tertiary/aromatic N) is 2. The number of aromatic nitrogens is 2. The number of rotatable bonds is 2. The first-order valence-electron chi connectivity index (χ1n) is 5.64. The predicted octanol–water partition coefficient (Wildman–Crippen LogP) is 1.08. The predicted molar refractivity (Wildman–Crippen MR) is 66.6 cm³/mol. The molecule has 7 heteroatoms. The smallest absolute Gasteiger partial charge is 0.156 e. The zero-order valence-electron chi connectivity index (χ0n) is 9.61. The second-order valence-electron chi connectivity index (χ2n) is 4.45. The van der Waals surface area contributed by atoms with Crippen LogP contribution in [0.1, 0.15) is 12.5 Å². The summed E-state index contributed by atoms with van der Waals surface area (Å²) in [6.07, 6.45) is 3.80. The van der Waals surface area contributed by atoms with E-state index in [1.54, 1.807) is 29.3 Å². The van der Waals surface area contributed by atoms with E-state index in [1.807, 2.05) is 0 Å². The molecule has 1 atom stereocenters. The van der Waals surface area contributed by atoms with Gasteiger partial charge < -0.3 is 10.2 Å². The molecule has 6 nitrogen and oxygen atoms in total. The molecule has 0 saturated carbocycles. The van der Waals surface area contributed by atoms with Gasteiger partial charge in [-0.05, 0) is 18.6 Å². The fourth-order valence-corrected chi connectivity index (χ4v) is 3.89. The van der Waals surface area contributed by atoms with Crippen molar-refractivity contribution in [2.45, 2.75) is 12.5 Å². The highest BCUT2D eigenvalue weighted by molar-refractivity contribution is 7.91. The normalized spacial score (nSPS) is 22.3. The number of hydrogen-bond acceptors (Lipinski definition) is 5. The van der Waals surface area contributed by atoms with Gasteiger partial charge in [0.05, 0.1) is 29.5 Å². The fourth-order valence-electron chi connectivity index (χ4n) is 2.18. The summed E-state index contributed by atoms with van der Waals surface area (Å²) in [7, 11) is -2.93. The van der Waals surface area contributed by atoms with Gasteiger partial charge in [-0.25, -0.2) is 8.42 Å². The molecule has 1 aliphatic rings. The summed E-state index contributed by atoms with van der Waals surface area (Å²) in [6, 6.07) is 3.41. The Morgan fingerprint density at radius 2 is 2.33 bits per heavy atom. The summed E-state index contributed by atoms with van der Waals surface area (Å²) >= 11 is 0. The molecule has 0 bridgehead atoms. The van der Waals surface area contributed by atoms with Crippen LogP contribution in [0.5, 0.6) is 0 Å². The Hall–Kier alpha value is -1.76. The van der Waals surface area contributed by atoms with E-state index in [4.69, 9.17) is 10.2 Å². The molecule has 0 radical (unpaired) electrons. The maximum atomic E-state index is 11.4. The number of nitrogens with two attached hydrogens (primary N) is 1. The molecule has 1 saturated heterocycles. The number of anilines is 1. The summed E-state index contributed by atoms with van der Waals surface area (Å²) in [5.41, 5.74) is 6.93. The van der Waals surface area contributed by atoms with E-state index in [0.717, 1.165) is 0 Å². The van der Waals surface area contributed by atoms with E-state index in [-0.39, 0.29) is 17.5 Å². The van der Waals surface area contributed by atoms with Crippen molar-refractivity contribution in [1.82, 2.24) is 9.78 Å². The van der Waals surface area contributed by atoms with Crippen molar-refractivity contribution in [1.29, 1.82) is 0 Å². The molecule has 2 N–H and O–H groups in total. The Balaban J connectivity index is 1.94. The van der Waals surface area contributed by atoms with E-state index in [9.17, 15) is 8.42 Å². The van der Waals surface area contributed by atoms with E-state index in [1.165, 1.54) is 0 Å². The van der Waals surface area contributed by atoms with Crippen molar-refractivity contribution in [3.8, 4) is 11.5 Å². The van der Waals surface area contributed by atoms with Crippen LogP contribution in [0.15, 0.2) is 29.0 Å². The highest BCUT2D eigenvalue weighted by Crippen LogP contribution is 2.29. The maximum absolute atomic E-state index is 11.4. The lowest BCUT2D eigenvalue weighted by molar-refractivity contribution is 0.498. The minimum Gasteiger partial charge on any atom is -0.463 e. The third kappa shape index (κ3) is 1.90. The first-order chi connectivity index (χ1) is 8.55. The van der Waals surface area contributed by atoms with E-state index >= 15 is 0 Å². The van der Waals surface area contributed by atoms with Gasteiger partial charge in [0.2, 0.25) is 0 Å². The van der Waals surface area contributed by atoms with Crippen LogP contribution in [0.25, 0.3) is 11.5 Å². The second kappa shape index (κ2) is 3.88. The quantitative estimate of drug-likeness (QED) is 0.879. The lowest BCUT2D eigenvalue weighted by Gasteiger charge is -2.06. The van der Waals surface area contributed by atoms with E-state index in [0.29, 0.717) is 23.6 Å². The Bertz CT molecular complexity index is 658. The lowest BCUT2D eigenvalue weighted by atomic mass is 10.3. The van der Waals surface area contributed by atoms with Crippen LogP contribution in [0, 0.1) is 0 Å². The second-order valence-corrected chi connectivity index (χ2v) is 6.68. The Morgan fingerprint density at radius 3 is 2.94 bits per heavy atom. The number of hydrogen-bond donors (Lipinski definition) is 1. The molecule has 2 aromatic heterocycles. The first kappa shape index (κ1) is 11.3. The standard InChI is InChI=1S/C11H13N3O3S/c12-9-6-14(8-3-5-18(15,16)7-8)13-11(9)10-2-1-4-17-10/h1-2,4,6,8H,3,5,7,12H2. The largest absolute Gasteiger partial charge is 0.463 e. The average molecular weight is 267 g/mol. The van der Waals surface area contributed by atoms with Crippen molar-refractivity contribution >= 4 is 15.5 Å². The van der Waals surface area contributed by atoms with Crippen LogP contribution < -0.4 is 5.73 Å². The van der Waals surface area contributed by atoms with Gasteiger partial charge in [-0.1, -0.05) is 0 Å². The Kier molecular flexibility index (Phi) is 2.44. The highest BCUT2D eigenvalue weighted by Gasteiger charge is 2.30. The van der Waals surface area contributed by atoms with Crippen LogP contribution in [0.2, 0.25) is 0 Å². The third-order valence-electron chi connectivity index (χ3n) is 3.10. The molecule has 0 aliphatic carbocycles.